The van der Waals surface area contributed by atoms with Crippen LogP contribution in [0.4, 0.5) is 4.79 Å². The first kappa shape index (κ1) is 18.0. The molecule has 1 amide bonds. The van der Waals surface area contributed by atoms with Gasteiger partial charge >= 0.3 is 6.09 Å². The molecule has 6 heteroatoms. The minimum atomic E-state index is -1.03. The summed E-state index contributed by atoms with van der Waals surface area (Å²) >= 11 is 0. The van der Waals surface area contributed by atoms with Crippen LogP contribution in [0.15, 0.2) is 30.5 Å². The molecule has 2 aromatic rings. The number of aryl methyl sites for hydroxylation is 1. The molecule has 1 aliphatic heterocycles. The minimum absolute atomic E-state index is 0.251. The molecule has 1 aromatic heterocycles. The molecule has 1 aliphatic rings. The fourth-order valence-corrected chi connectivity index (χ4v) is 3.15. The molecular weight excluding hydrogens is 332 g/mol. The van der Waals surface area contributed by atoms with Gasteiger partial charge in [-0.05, 0) is 43.0 Å². The fraction of sp³-hybridized carbons (Fsp3) is 0.400. The quantitative estimate of drug-likeness (QED) is 0.817. The van der Waals surface area contributed by atoms with Gasteiger partial charge in [0.05, 0.1) is 6.04 Å². The summed E-state index contributed by atoms with van der Waals surface area (Å²) in [6.07, 6.45) is 1.54. The first-order valence-corrected chi connectivity index (χ1v) is 8.77. The number of nitrogens with zero attached hydrogens (tertiary/aromatic N) is 1. The highest BCUT2D eigenvalue weighted by Crippen LogP contribution is 2.39. The number of aromatic nitrogens is 1. The van der Waals surface area contributed by atoms with Gasteiger partial charge in [0.15, 0.2) is 0 Å². The summed E-state index contributed by atoms with van der Waals surface area (Å²) in [5.41, 5.74) is 4.19. The second kappa shape index (κ2) is 7.64. The Kier molecular flexibility index (Phi) is 5.30. The molecule has 1 aromatic carbocycles. The van der Waals surface area contributed by atoms with Gasteiger partial charge in [-0.3, -0.25) is 4.98 Å². The van der Waals surface area contributed by atoms with E-state index < -0.39 is 6.09 Å². The van der Waals surface area contributed by atoms with Crippen molar-refractivity contribution in [2.24, 2.45) is 5.92 Å². The number of nitrogens with one attached hydrogen (secondary N) is 1. The molecule has 0 bridgehead atoms. The number of carboxylic acid groups (broad SMARTS) is 1. The van der Waals surface area contributed by atoms with E-state index in [0.29, 0.717) is 24.7 Å². The number of rotatable bonds is 6. The highest BCUT2D eigenvalue weighted by molar-refractivity contribution is 5.75. The summed E-state index contributed by atoms with van der Waals surface area (Å²) in [4.78, 5) is 15.3. The van der Waals surface area contributed by atoms with E-state index in [2.05, 4.69) is 30.2 Å². The largest absolute Gasteiger partial charge is 0.491 e. The number of pyridine rings is 1. The third kappa shape index (κ3) is 4.25. The lowest BCUT2D eigenvalue weighted by Crippen LogP contribution is -2.39. The van der Waals surface area contributed by atoms with Crippen molar-refractivity contribution in [3.8, 4) is 22.6 Å². The summed E-state index contributed by atoms with van der Waals surface area (Å²) in [6, 6.07) is 7.54. The van der Waals surface area contributed by atoms with Crippen molar-refractivity contribution in [2.75, 3.05) is 6.61 Å². The third-order valence-corrected chi connectivity index (χ3v) is 4.28. The summed E-state index contributed by atoms with van der Waals surface area (Å²) in [6.45, 7) is 6.84. The van der Waals surface area contributed by atoms with E-state index in [1.165, 1.54) is 0 Å². The summed E-state index contributed by atoms with van der Waals surface area (Å²) < 4.78 is 11.7. The zero-order valence-corrected chi connectivity index (χ0v) is 15.3. The SMILES string of the molecule is Cc1cc2c(cn1)COc1cc(OCC(CC(C)C)NC(=O)O)ccc1-2. The predicted octanol–water partition coefficient (Wildman–Crippen LogP) is 4.01. The van der Waals surface area contributed by atoms with E-state index in [1.807, 2.05) is 31.3 Å². The predicted molar refractivity (Wildman–Crippen MR) is 98.6 cm³/mol. The second-order valence-electron chi connectivity index (χ2n) is 7.02. The second-order valence-corrected chi connectivity index (χ2v) is 7.02. The lowest BCUT2D eigenvalue weighted by atomic mass is 9.98. The summed E-state index contributed by atoms with van der Waals surface area (Å²) in [5, 5.41) is 11.5. The van der Waals surface area contributed by atoms with Crippen LogP contribution in [0, 0.1) is 12.8 Å². The lowest BCUT2D eigenvalue weighted by molar-refractivity contribution is 0.176. The fourth-order valence-electron chi connectivity index (χ4n) is 3.15. The average molecular weight is 356 g/mol. The van der Waals surface area contributed by atoms with Gasteiger partial charge in [0.2, 0.25) is 0 Å². The Balaban J connectivity index is 1.74. The number of carbonyl (C=O) groups is 1. The maximum absolute atomic E-state index is 10.9. The molecule has 1 unspecified atom stereocenters. The van der Waals surface area contributed by atoms with Gasteiger partial charge < -0.3 is 19.9 Å². The summed E-state index contributed by atoms with van der Waals surface area (Å²) in [7, 11) is 0. The van der Waals surface area contributed by atoms with Gasteiger partial charge in [-0.15, -0.1) is 0 Å². The maximum atomic E-state index is 10.9. The number of hydrogen-bond donors (Lipinski definition) is 2. The van der Waals surface area contributed by atoms with Crippen LogP contribution in [0.1, 0.15) is 31.5 Å². The first-order valence-electron chi connectivity index (χ1n) is 8.77. The Morgan fingerprint density at radius 1 is 1.35 bits per heavy atom. The number of ether oxygens (including phenoxy) is 2. The van der Waals surface area contributed by atoms with E-state index in [4.69, 9.17) is 14.6 Å². The molecule has 0 fully saturated rings. The molecule has 0 aliphatic carbocycles. The van der Waals surface area contributed by atoms with Gasteiger partial charge in [0.25, 0.3) is 0 Å². The van der Waals surface area contributed by atoms with Gasteiger partial charge in [-0.25, -0.2) is 4.79 Å². The molecule has 2 N–H and O–H groups in total. The average Bonchev–Trinajstić information content (AvgIpc) is 2.58. The van der Waals surface area contributed by atoms with Crippen molar-refractivity contribution in [3.05, 3.63) is 41.7 Å². The zero-order chi connectivity index (χ0) is 18.7. The number of fused-ring (bicyclic) bond motifs is 3. The van der Waals surface area contributed by atoms with Crippen LogP contribution in [-0.4, -0.2) is 28.8 Å². The van der Waals surface area contributed by atoms with E-state index in [1.54, 1.807) is 0 Å². The van der Waals surface area contributed by atoms with Crippen LogP contribution in [-0.2, 0) is 6.61 Å². The molecule has 0 spiro atoms. The Bertz CT molecular complexity index is 804. The van der Waals surface area contributed by atoms with Crippen LogP contribution in [0.2, 0.25) is 0 Å². The monoisotopic (exact) mass is 356 g/mol. The molecule has 26 heavy (non-hydrogen) atoms. The minimum Gasteiger partial charge on any atom is -0.491 e. The zero-order valence-electron chi connectivity index (χ0n) is 15.3. The number of hydrogen-bond acceptors (Lipinski definition) is 4. The van der Waals surface area contributed by atoms with E-state index >= 15 is 0 Å². The Hall–Kier alpha value is -2.76. The maximum Gasteiger partial charge on any atom is 0.404 e. The van der Waals surface area contributed by atoms with Crippen molar-refractivity contribution in [3.63, 3.8) is 0 Å². The molecule has 138 valence electrons. The molecule has 6 nitrogen and oxygen atoms in total. The van der Waals surface area contributed by atoms with Gasteiger partial charge in [0, 0.05) is 29.1 Å². The van der Waals surface area contributed by atoms with Gasteiger partial charge in [-0.1, -0.05) is 13.8 Å². The Morgan fingerprint density at radius 3 is 2.88 bits per heavy atom. The van der Waals surface area contributed by atoms with Crippen LogP contribution in [0.5, 0.6) is 11.5 Å². The van der Waals surface area contributed by atoms with Gasteiger partial charge in [-0.2, -0.15) is 0 Å². The molecule has 0 saturated heterocycles. The van der Waals surface area contributed by atoms with Crippen molar-refractivity contribution >= 4 is 6.09 Å². The third-order valence-electron chi connectivity index (χ3n) is 4.28. The van der Waals surface area contributed by atoms with Crippen LogP contribution in [0.3, 0.4) is 0 Å². The van der Waals surface area contributed by atoms with Crippen LogP contribution >= 0.6 is 0 Å². The number of benzene rings is 1. The van der Waals surface area contributed by atoms with E-state index in [-0.39, 0.29) is 12.6 Å². The first-order chi connectivity index (χ1) is 12.4. The molecule has 0 radical (unpaired) electrons. The molecule has 1 atom stereocenters. The Labute approximate surface area is 153 Å². The van der Waals surface area contributed by atoms with Crippen LogP contribution in [0.25, 0.3) is 11.1 Å². The summed E-state index contributed by atoms with van der Waals surface area (Å²) in [5.74, 6) is 1.81. The normalized spacial score (nSPS) is 13.4. The highest BCUT2D eigenvalue weighted by Gasteiger charge is 2.19. The number of amides is 1. The smallest absolute Gasteiger partial charge is 0.404 e. The molecule has 0 saturated carbocycles. The van der Waals surface area contributed by atoms with Crippen molar-refractivity contribution in [1.82, 2.24) is 10.3 Å². The van der Waals surface area contributed by atoms with E-state index in [0.717, 1.165) is 28.1 Å². The van der Waals surface area contributed by atoms with Crippen molar-refractivity contribution < 1.29 is 19.4 Å². The highest BCUT2D eigenvalue weighted by atomic mass is 16.5. The molecule has 3 rings (SSSR count). The standard InChI is InChI=1S/C20H24N2O4/c1-12(2)6-15(22-20(23)24)11-25-16-4-5-17-18-7-13(3)21-9-14(18)10-26-19(17)8-16/h4-5,7-9,12,15,22H,6,10-11H2,1-3H3,(H,23,24). The van der Waals surface area contributed by atoms with Crippen LogP contribution < -0.4 is 14.8 Å². The molecular formula is C20H24N2O4. The Morgan fingerprint density at radius 2 is 2.15 bits per heavy atom. The molecule has 2 heterocycles. The van der Waals surface area contributed by atoms with E-state index in [9.17, 15) is 4.79 Å². The lowest BCUT2D eigenvalue weighted by Gasteiger charge is -2.23. The van der Waals surface area contributed by atoms with Crippen molar-refractivity contribution in [1.29, 1.82) is 0 Å². The van der Waals surface area contributed by atoms with Crippen molar-refractivity contribution in [2.45, 2.75) is 39.8 Å². The topological polar surface area (TPSA) is 80.7 Å². The van der Waals surface area contributed by atoms with Gasteiger partial charge in [0.1, 0.15) is 24.7 Å².